The number of benzene rings is 1. The molecule has 1 atom stereocenters. The van der Waals surface area contributed by atoms with E-state index in [1.165, 1.54) is 0 Å². The molecule has 5 nitrogen and oxygen atoms in total. The van der Waals surface area contributed by atoms with Crippen LogP contribution in [-0.4, -0.2) is 52.2 Å². The van der Waals surface area contributed by atoms with Crippen LogP contribution in [0.5, 0.6) is 0 Å². The summed E-state index contributed by atoms with van der Waals surface area (Å²) in [5.74, 6) is 0.599. The highest BCUT2D eigenvalue weighted by atomic mass is 32.2. The maximum Gasteiger partial charge on any atom is 0.240 e. The van der Waals surface area contributed by atoms with Crippen LogP contribution in [0.25, 0.3) is 0 Å². The van der Waals surface area contributed by atoms with Gasteiger partial charge in [0.1, 0.15) is 0 Å². The van der Waals surface area contributed by atoms with Crippen LogP contribution in [0.3, 0.4) is 0 Å². The summed E-state index contributed by atoms with van der Waals surface area (Å²) in [5, 5.41) is 0. The number of sulfonamides is 1. The summed E-state index contributed by atoms with van der Waals surface area (Å²) in [4.78, 5) is 2.66. The van der Waals surface area contributed by atoms with Crippen molar-refractivity contribution in [2.45, 2.75) is 44.6 Å². The molecule has 1 unspecified atom stereocenters. The molecule has 1 N–H and O–H groups in total. The molecule has 0 radical (unpaired) electrons. The van der Waals surface area contributed by atoms with Gasteiger partial charge in [-0.3, -0.25) is 4.90 Å². The molecule has 24 heavy (non-hydrogen) atoms. The number of rotatable bonds is 8. The highest BCUT2D eigenvalue weighted by molar-refractivity contribution is 7.89. The predicted octanol–water partition coefficient (Wildman–Crippen LogP) is 2.27. The van der Waals surface area contributed by atoms with E-state index in [1.807, 2.05) is 12.1 Å². The molecule has 1 fully saturated rings. The topological polar surface area (TPSA) is 58.6 Å². The van der Waals surface area contributed by atoms with Crippen LogP contribution in [0.4, 0.5) is 0 Å². The molecular weight excluding hydrogens is 324 g/mol. The second-order valence-electron chi connectivity index (χ2n) is 6.89. The molecule has 2 rings (SSSR count). The molecule has 1 aromatic rings. The summed E-state index contributed by atoms with van der Waals surface area (Å²) >= 11 is 0. The van der Waals surface area contributed by atoms with Crippen LogP contribution >= 0.6 is 0 Å². The predicted molar refractivity (Wildman–Crippen MR) is 96.6 cm³/mol. The Morgan fingerprint density at radius 1 is 1.29 bits per heavy atom. The van der Waals surface area contributed by atoms with E-state index in [0.717, 1.165) is 38.0 Å². The van der Waals surface area contributed by atoms with Crippen molar-refractivity contribution >= 4 is 10.0 Å². The third-order valence-corrected chi connectivity index (χ3v) is 5.56. The van der Waals surface area contributed by atoms with E-state index in [4.69, 9.17) is 4.74 Å². The van der Waals surface area contributed by atoms with Gasteiger partial charge in [0.25, 0.3) is 0 Å². The molecule has 0 amide bonds. The summed E-state index contributed by atoms with van der Waals surface area (Å²) in [6.07, 6.45) is 1.93. The van der Waals surface area contributed by atoms with Crippen molar-refractivity contribution in [2.75, 3.05) is 32.8 Å². The second-order valence-corrected chi connectivity index (χ2v) is 8.66. The number of aryl methyl sites for hydroxylation is 1. The van der Waals surface area contributed by atoms with Crippen LogP contribution in [0.15, 0.2) is 29.2 Å². The Morgan fingerprint density at radius 3 is 2.62 bits per heavy atom. The molecule has 1 heterocycles. The first-order valence-electron chi connectivity index (χ1n) is 8.83. The van der Waals surface area contributed by atoms with Gasteiger partial charge in [0.05, 0.1) is 17.6 Å². The molecule has 1 aliphatic heterocycles. The molecule has 6 heteroatoms. The van der Waals surface area contributed by atoms with Crippen molar-refractivity contribution in [1.29, 1.82) is 0 Å². The van der Waals surface area contributed by atoms with Gasteiger partial charge in [0, 0.05) is 26.2 Å². The molecular formula is C18H30N2O3S. The Bertz CT molecular complexity index is 599. The van der Waals surface area contributed by atoms with Crippen LogP contribution in [0, 0.1) is 5.92 Å². The summed E-state index contributed by atoms with van der Waals surface area (Å²) in [7, 11) is -3.48. The van der Waals surface area contributed by atoms with Crippen molar-refractivity contribution in [3.8, 4) is 0 Å². The quantitative estimate of drug-likeness (QED) is 0.778. The fourth-order valence-electron chi connectivity index (χ4n) is 3.00. The van der Waals surface area contributed by atoms with E-state index in [0.29, 0.717) is 24.0 Å². The highest BCUT2D eigenvalue weighted by Gasteiger charge is 2.23. The molecule has 0 bridgehead atoms. The van der Waals surface area contributed by atoms with Crippen molar-refractivity contribution in [1.82, 2.24) is 9.62 Å². The summed E-state index contributed by atoms with van der Waals surface area (Å²) in [6.45, 7) is 10.2. The second kappa shape index (κ2) is 8.94. The summed E-state index contributed by atoms with van der Waals surface area (Å²) < 4.78 is 33.2. The lowest BCUT2D eigenvalue weighted by Crippen LogP contribution is -2.48. The standard InChI is InChI=1S/C18H30N2O3S/c1-4-5-16-6-8-18(9-7-16)24(21,22)19-12-17-14-20(10-11-23-17)13-15(2)3/h6-9,15,17,19H,4-5,10-14H2,1-3H3. The van der Waals surface area contributed by atoms with Crippen LogP contribution < -0.4 is 4.72 Å². The van der Waals surface area contributed by atoms with Gasteiger partial charge < -0.3 is 4.74 Å². The monoisotopic (exact) mass is 354 g/mol. The van der Waals surface area contributed by atoms with E-state index < -0.39 is 10.0 Å². The maximum absolute atomic E-state index is 12.4. The lowest BCUT2D eigenvalue weighted by Gasteiger charge is -2.33. The lowest BCUT2D eigenvalue weighted by molar-refractivity contribution is -0.0280. The number of hydrogen-bond donors (Lipinski definition) is 1. The van der Waals surface area contributed by atoms with Crippen molar-refractivity contribution in [2.24, 2.45) is 5.92 Å². The highest BCUT2D eigenvalue weighted by Crippen LogP contribution is 2.13. The summed E-state index contributed by atoms with van der Waals surface area (Å²) in [5.41, 5.74) is 1.16. The Labute approximate surface area is 146 Å². The maximum atomic E-state index is 12.4. The van der Waals surface area contributed by atoms with Crippen molar-refractivity contribution < 1.29 is 13.2 Å². The largest absolute Gasteiger partial charge is 0.374 e. The van der Waals surface area contributed by atoms with Crippen LogP contribution in [-0.2, 0) is 21.2 Å². The first kappa shape index (κ1) is 19.4. The minimum atomic E-state index is -3.48. The number of nitrogens with zero attached hydrogens (tertiary/aromatic N) is 1. The van der Waals surface area contributed by atoms with Gasteiger partial charge in [0.15, 0.2) is 0 Å². The van der Waals surface area contributed by atoms with Gasteiger partial charge >= 0.3 is 0 Å². The number of nitrogens with one attached hydrogen (secondary N) is 1. The zero-order valence-corrected chi connectivity index (χ0v) is 15.8. The molecule has 0 saturated carbocycles. The van der Waals surface area contributed by atoms with E-state index >= 15 is 0 Å². The molecule has 1 aromatic carbocycles. The minimum Gasteiger partial charge on any atom is -0.374 e. The zero-order chi connectivity index (χ0) is 17.6. The minimum absolute atomic E-state index is 0.0911. The van der Waals surface area contributed by atoms with Gasteiger partial charge in [-0.2, -0.15) is 0 Å². The van der Waals surface area contributed by atoms with E-state index in [2.05, 4.69) is 30.4 Å². The Hall–Kier alpha value is -0.950. The van der Waals surface area contributed by atoms with E-state index in [-0.39, 0.29) is 6.10 Å². The number of hydrogen-bond acceptors (Lipinski definition) is 4. The third kappa shape index (κ3) is 5.84. The van der Waals surface area contributed by atoms with Crippen molar-refractivity contribution in [3.63, 3.8) is 0 Å². The SMILES string of the molecule is CCCc1ccc(S(=O)(=O)NCC2CN(CC(C)C)CCO2)cc1. The van der Waals surface area contributed by atoms with Gasteiger partial charge in [0.2, 0.25) is 10.0 Å². The van der Waals surface area contributed by atoms with E-state index in [9.17, 15) is 8.42 Å². The van der Waals surface area contributed by atoms with Gasteiger partial charge in [-0.05, 0) is 30.0 Å². The number of morpholine rings is 1. The molecule has 0 aromatic heterocycles. The Morgan fingerprint density at radius 2 is 2.00 bits per heavy atom. The normalized spacial score (nSPS) is 19.8. The lowest BCUT2D eigenvalue weighted by atomic mass is 10.1. The third-order valence-electron chi connectivity index (χ3n) is 4.12. The smallest absolute Gasteiger partial charge is 0.240 e. The molecule has 1 aliphatic rings. The first-order valence-corrected chi connectivity index (χ1v) is 10.3. The average Bonchev–Trinajstić information content (AvgIpc) is 2.54. The van der Waals surface area contributed by atoms with E-state index in [1.54, 1.807) is 12.1 Å². The molecule has 0 aliphatic carbocycles. The molecule has 136 valence electrons. The van der Waals surface area contributed by atoms with Gasteiger partial charge in [-0.25, -0.2) is 13.1 Å². The fraction of sp³-hybridized carbons (Fsp3) is 0.667. The Kier molecular flexibility index (Phi) is 7.22. The average molecular weight is 355 g/mol. The summed E-state index contributed by atoms with van der Waals surface area (Å²) in [6, 6.07) is 7.14. The fourth-order valence-corrected chi connectivity index (χ4v) is 4.06. The number of ether oxygens (including phenoxy) is 1. The molecule has 1 saturated heterocycles. The van der Waals surface area contributed by atoms with Gasteiger partial charge in [-0.15, -0.1) is 0 Å². The zero-order valence-electron chi connectivity index (χ0n) is 15.0. The molecule has 0 spiro atoms. The van der Waals surface area contributed by atoms with Crippen LogP contribution in [0.2, 0.25) is 0 Å². The first-order chi connectivity index (χ1) is 11.4. The van der Waals surface area contributed by atoms with Gasteiger partial charge in [-0.1, -0.05) is 39.3 Å². The Balaban J connectivity index is 1.89. The van der Waals surface area contributed by atoms with Crippen molar-refractivity contribution in [3.05, 3.63) is 29.8 Å². The van der Waals surface area contributed by atoms with Crippen LogP contribution in [0.1, 0.15) is 32.8 Å².